The van der Waals surface area contributed by atoms with Crippen molar-refractivity contribution < 1.29 is 13.2 Å². The highest BCUT2D eigenvalue weighted by Crippen LogP contribution is 2.15. The number of benzene rings is 1. The summed E-state index contributed by atoms with van der Waals surface area (Å²) >= 11 is 5.64. The summed E-state index contributed by atoms with van der Waals surface area (Å²) in [6.45, 7) is 1.37. The number of rotatable bonds is 4. The van der Waals surface area contributed by atoms with E-state index in [0.29, 0.717) is 5.02 Å². The number of hydrogen-bond donors (Lipinski definition) is 0. The smallest absolute Gasteiger partial charge is 0.178 e. The van der Waals surface area contributed by atoms with Gasteiger partial charge in [-0.3, -0.25) is 4.79 Å². The fourth-order valence-corrected chi connectivity index (χ4v) is 2.51. The molecule has 1 aromatic rings. The highest BCUT2D eigenvalue weighted by molar-refractivity contribution is 7.91. The van der Waals surface area contributed by atoms with Crippen molar-refractivity contribution in [2.75, 3.05) is 5.75 Å². The van der Waals surface area contributed by atoms with E-state index in [1.807, 2.05) is 0 Å². The molecular formula is C10H11ClO3S. The van der Waals surface area contributed by atoms with Crippen LogP contribution in [0.1, 0.15) is 13.3 Å². The Bertz CT molecular complexity index is 448. The molecule has 0 aliphatic heterocycles. The Kier molecular flexibility index (Phi) is 3.88. The molecule has 0 saturated heterocycles. The van der Waals surface area contributed by atoms with E-state index in [1.54, 1.807) is 0 Å². The molecule has 0 heterocycles. The summed E-state index contributed by atoms with van der Waals surface area (Å²) in [5.41, 5.74) is 0. The van der Waals surface area contributed by atoms with Crippen LogP contribution in [0.2, 0.25) is 5.02 Å². The van der Waals surface area contributed by atoms with Gasteiger partial charge in [0.25, 0.3) is 0 Å². The maximum atomic E-state index is 11.7. The lowest BCUT2D eigenvalue weighted by Crippen LogP contribution is -2.09. The monoisotopic (exact) mass is 246 g/mol. The summed E-state index contributed by atoms with van der Waals surface area (Å²) < 4.78 is 23.3. The molecule has 0 saturated carbocycles. The molecule has 0 aliphatic carbocycles. The zero-order chi connectivity index (χ0) is 11.5. The second-order valence-electron chi connectivity index (χ2n) is 3.22. The zero-order valence-electron chi connectivity index (χ0n) is 8.23. The molecule has 0 N–H and O–H groups in total. The van der Waals surface area contributed by atoms with E-state index in [4.69, 9.17) is 11.6 Å². The predicted octanol–water partition coefficient (Wildman–Crippen LogP) is 2.09. The second kappa shape index (κ2) is 4.77. The van der Waals surface area contributed by atoms with Gasteiger partial charge in [0.15, 0.2) is 9.84 Å². The van der Waals surface area contributed by atoms with Crippen molar-refractivity contribution in [2.45, 2.75) is 18.2 Å². The molecule has 1 aromatic carbocycles. The lowest BCUT2D eigenvalue weighted by molar-refractivity contribution is -0.116. The summed E-state index contributed by atoms with van der Waals surface area (Å²) in [4.78, 5) is 10.9. The van der Waals surface area contributed by atoms with E-state index in [2.05, 4.69) is 0 Å². The summed E-state index contributed by atoms with van der Waals surface area (Å²) in [7, 11) is -3.35. The lowest BCUT2D eigenvalue weighted by atomic mass is 10.4. The van der Waals surface area contributed by atoms with Crippen molar-refractivity contribution in [3.63, 3.8) is 0 Å². The fourth-order valence-electron chi connectivity index (χ4n) is 1.04. The molecule has 5 heteroatoms. The number of carbonyl (C=O) groups is 1. The van der Waals surface area contributed by atoms with Gasteiger partial charge in [-0.1, -0.05) is 11.6 Å². The molecule has 0 radical (unpaired) electrons. The Balaban J connectivity index is 2.87. The number of ketones is 1. The first-order valence-corrected chi connectivity index (χ1v) is 6.42. The molecule has 0 amide bonds. The van der Waals surface area contributed by atoms with Crippen LogP contribution < -0.4 is 0 Å². The van der Waals surface area contributed by atoms with E-state index in [1.165, 1.54) is 31.2 Å². The molecule has 3 nitrogen and oxygen atoms in total. The largest absolute Gasteiger partial charge is 0.300 e. The molecule has 0 aliphatic rings. The molecule has 0 bridgehead atoms. The van der Waals surface area contributed by atoms with Gasteiger partial charge in [0.2, 0.25) is 0 Å². The van der Waals surface area contributed by atoms with Crippen molar-refractivity contribution in [2.24, 2.45) is 0 Å². The van der Waals surface area contributed by atoms with Gasteiger partial charge in [-0.05, 0) is 31.2 Å². The summed E-state index contributed by atoms with van der Waals surface area (Å²) in [6.07, 6.45) is 0.0466. The van der Waals surface area contributed by atoms with Gasteiger partial charge in [-0.25, -0.2) is 8.42 Å². The Morgan fingerprint density at radius 3 is 2.27 bits per heavy atom. The molecule has 1 rings (SSSR count). The van der Waals surface area contributed by atoms with Crippen LogP contribution in [0.5, 0.6) is 0 Å². The van der Waals surface area contributed by atoms with Crippen LogP contribution in [0, 0.1) is 0 Å². The Hall–Kier alpha value is -0.870. The number of sulfone groups is 1. The van der Waals surface area contributed by atoms with E-state index in [0.717, 1.165) is 0 Å². The minimum Gasteiger partial charge on any atom is -0.300 e. The van der Waals surface area contributed by atoms with Crippen LogP contribution in [-0.2, 0) is 14.6 Å². The standard InChI is InChI=1S/C10H11ClO3S/c1-8(12)6-7-15(13,14)10-4-2-9(11)3-5-10/h2-5H,6-7H2,1H3. The molecule has 0 fully saturated rings. The van der Waals surface area contributed by atoms with E-state index < -0.39 is 9.84 Å². The van der Waals surface area contributed by atoms with Gasteiger partial charge in [0, 0.05) is 11.4 Å². The number of carbonyl (C=O) groups excluding carboxylic acids is 1. The zero-order valence-corrected chi connectivity index (χ0v) is 9.81. The van der Waals surface area contributed by atoms with Crippen molar-refractivity contribution in [1.82, 2.24) is 0 Å². The van der Waals surface area contributed by atoms with Gasteiger partial charge >= 0.3 is 0 Å². The highest BCUT2D eigenvalue weighted by Gasteiger charge is 2.14. The third kappa shape index (κ3) is 3.64. The van der Waals surface area contributed by atoms with Gasteiger partial charge in [0.05, 0.1) is 10.6 Å². The fraction of sp³-hybridized carbons (Fsp3) is 0.300. The third-order valence-electron chi connectivity index (χ3n) is 1.90. The second-order valence-corrected chi connectivity index (χ2v) is 5.77. The van der Waals surface area contributed by atoms with Crippen LogP contribution in [0.4, 0.5) is 0 Å². The summed E-state index contributed by atoms with van der Waals surface area (Å²) in [6, 6.07) is 5.92. The van der Waals surface area contributed by atoms with Gasteiger partial charge < -0.3 is 0 Å². The van der Waals surface area contributed by atoms with Crippen molar-refractivity contribution in [3.05, 3.63) is 29.3 Å². The number of Topliss-reactive ketones (excluding diaryl/α,β-unsaturated/α-hetero) is 1. The van der Waals surface area contributed by atoms with Gasteiger partial charge in [-0.2, -0.15) is 0 Å². The number of halogens is 1. The minimum atomic E-state index is -3.35. The average Bonchev–Trinajstić information content (AvgIpc) is 2.16. The number of hydrogen-bond acceptors (Lipinski definition) is 3. The molecule has 0 atom stereocenters. The molecule has 82 valence electrons. The first kappa shape index (κ1) is 12.2. The van der Waals surface area contributed by atoms with E-state index in [-0.39, 0.29) is 22.9 Å². The van der Waals surface area contributed by atoms with Crippen LogP contribution >= 0.6 is 11.6 Å². The lowest BCUT2D eigenvalue weighted by Gasteiger charge is -2.02. The quantitative estimate of drug-likeness (QED) is 0.818. The van der Waals surface area contributed by atoms with Crippen molar-refractivity contribution >= 4 is 27.2 Å². The maximum absolute atomic E-state index is 11.7. The first-order chi connectivity index (χ1) is 6.92. The molecular weight excluding hydrogens is 236 g/mol. The first-order valence-electron chi connectivity index (χ1n) is 4.39. The summed E-state index contributed by atoms with van der Waals surface area (Å²) in [5.74, 6) is -0.281. The van der Waals surface area contributed by atoms with Crippen molar-refractivity contribution in [3.8, 4) is 0 Å². The summed E-state index contributed by atoms with van der Waals surface area (Å²) in [5, 5.41) is 0.487. The van der Waals surface area contributed by atoms with Crippen molar-refractivity contribution in [1.29, 1.82) is 0 Å². The normalized spacial score (nSPS) is 11.3. The maximum Gasteiger partial charge on any atom is 0.178 e. The highest BCUT2D eigenvalue weighted by atomic mass is 35.5. The van der Waals surface area contributed by atoms with Crippen LogP contribution in [0.3, 0.4) is 0 Å². The SMILES string of the molecule is CC(=O)CCS(=O)(=O)c1ccc(Cl)cc1. The average molecular weight is 247 g/mol. The minimum absolute atomic E-state index is 0.0466. The molecule has 0 spiro atoms. The third-order valence-corrected chi connectivity index (χ3v) is 3.88. The Morgan fingerprint density at radius 1 is 1.27 bits per heavy atom. The van der Waals surface area contributed by atoms with Crippen LogP contribution in [0.25, 0.3) is 0 Å². The molecule has 0 aromatic heterocycles. The van der Waals surface area contributed by atoms with E-state index >= 15 is 0 Å². The Morgan fingerprint density at radius 2 is 1.80 bits per heavy atom. The van der Waals surface area contributed by atoms with Gasteiger partial charge in [0.1, 0.15) is 5.78 Å². The Labute approximate surface area is 94.0 Å². The van der Waals surface area contributed by atoms with Crippen LogP contribution in [0.15, 0.2) is 29.2 Å². The van der Waals surface area contributed by atoms with E-state index in [9.17, 15) is 13.2 Å². The predicted molar refractivity (Wildman–Crippen MR) is 58.8 cm³/mol. The van der Waals surface area contributed by atoms with Gasteiger partial charge in [-0.15, -0.1) is 0 Å². The molecule has 0 unspecified atom stereocenters. The topological polar surface area (TPSA) is 51.2 Å². The van der Waals surface area contributed by atoms with Crippen LogP contribution in [-0.4, -0.2) is 20.0 Å². The molecule has 15 heavy (non-hydrogen) atoms.